The molecule has 1 heterocycles. The second-order valence-corrected chi connectivity index (χ2v) is 6.85. The highest BCUT2D eigenvalue weighted by Crippen LogP contribution is 2.26. The molecule has 2 unspecified atom stereocenters. The monoisotopic (exact) mass is 393 g/mol. The van der Waals surface area contributed by atoms with Crippen molar-refractivity contribution < 1.29 is 20.1 Å². The van der Waals surface area contributed by atoms with Crippen LogP contribution in [0.25, 0.3) is 16.8 Å². The fourth-order valence-electron chi connectivity index (χ4n) is 3.09. The van der Waals surface area contributed by atoms with Crippen LogP contribution < -0.4 is 10.2 Å². The predicted octanol–water partition coefficient (Wildman–Crippen LogP) is 1.30. The van der Waals surface area contributed by atoms with Gasteiger partial charge in [0, 0.05) is 25.0 Å². The molecule has 0 fully saturated rings. The van der Waals surface area contributed by atoms with Gasteiger partial charge in [0.2, 0.25) is 0 Å². The summed E-state index contributed by atoms with van der Waals surface area (Å²) in [6, 6.07) is 13.7. The number of hydrogen-bond acceptors (Lipinski definition) is 6. The average Bonchev–Trinajstić information content (AvgIpc) is 3.29. The minimum absolute atomic E-state index is 0.117. The lowest BCUT2D eigenvalue weighted by atomic mass is 10.0. The summed E-state index contributed by atoms with van der Waals surface area (Å²) < 4.78 is 0. The summed E-state index contributed by atoms with van der Waals surface area (Å²) in [6.45, 7) is 0.0762. The van der Waals surface area contributed by atoms with Crippen LogP contribution >= 0.6 is 0 Å². The van der Waals surface area contributed by atoms with Gasteiger partial charge < -0.3 is 25.5 Å². The van der Waals surface area contributed by atoms with Crippen molar-refractivity contribution in [2.75, 3.05) is 24.6 Å². The zero-order valence-electron chi connectivity index (χ0n) is 15.8. The smallest absolute Gasteiger partial charge is 0.262 e. The van der Waals surface area contributed by atoms with Crippen LogP contribution in [0.3, 0.4) is 0 Å². The Morgan fingerprint density at radius 1 is 1.21 bits per heavy atom. The molecule has 1 amide bonds. The molecule has 0 saturated carbocycles. The molecule has 2 atom stereocenters. The molecule has 7 nitrogen and oxygen atoms in total. The SMILES string of the molecule is N#C/C(=C\c1ccc2cc(N3C=CCC3)ccc2c1)C(=O)NCC(O)C(O)CO. The van der Waals surface area contributed by atoms with Crippen molar-refractivity contribution in [3.05, 3.63) is 59.8 Å². The summed E-state index contributed by atoms with van der Waals surface area (Å²) >= 11 is 0. The van der Waals surface area contributed by atoms with E-state index in [2.05, 4.69) is 28.6 Å². The quantitative estimate of drug-likeness (QED) is 0.416. The molecular formula is C22H23N3O4. The van der Waals surface area contributed by atoms with E-state index in [1.54, 1.807) is 0 Å². The summed E-state index contributed by atoms with van der Waals surface area (Å²) in [5.74, 6) is -0.659. The van der Waals surface area contributed by atoms with Crippen LogP contribution in [0.2, 0.25) is 0 Å². The van der Waals surface area contributed by atoms with Crippen molar-refractivity contribution in [2.45, 2.75) is 18.6 Å². The van der Waals surface area contributed by atoms with Crippen molar-refractivity contribution in [2.24, 2.45) is 0 Å². The van der Waals surface area contributed by atoms with Crippen LogP contribution in [0, 0.1) is 11.3 Å². The number of rotatable bonds is 7. The average molecular weight is 393 g/mol. The molecule has 0 radical (unpaired) electrons. The molecule has 0 saturated heterocycles. The number of nitrogens with one attached hydrogen (secondary N) is 1. The molecule has 7 heteroatoms. The van der Waals surface area contributed by atoms with E-state index in [-0.39, 0.29) is 12.1 Å². The number of carbonyl (C=O) groups excluding carboxylic acids is 1. The minimum Gasteiger partial charge on any atom is -0.394 e. The number of aliphatic hydroxyl groups is 3. The first-order chi connectivity index (χ1) is 14.0. The van der Waals surface area contributed by atoms with Crippen LogP contribution in [-0.2, 0) is 4.79 Å². The third-order valence-electron chi connectivity index (χ3n) is 4.78. The first-order valence-electron chi connectivity index (χ1n) is 9.36. The third kappa shape index (κ3) is 5.00. The van der Waals surface area contributed by atoms with Crippen LogP contribution in [-0.4, -0.2) is 53.1 Å². The molecule has 0 bridgehead atoms. The highest BCUT2D eigenvalue weighted by molar-refractivity contribution is 6.02. The van der Waals surface area contributed by atoms with E-state index < -0.39 is 24.7 Å². The molecule has 4 N–H and O–H groups in total. The normalized spacial score (nSPS) is 15.9. The fraction of sp³-hybridized carbons (Fsp3) is 0.273. The number of fused-ring (bicyclic) bond motifs is 1. The second kappa shape index (κ2) is 9.34. The Morgan fingerprint density at radius 2 is 1.97 bits per heavy atom. The number of amides is 1. The van der Waals surface area contributed by atoms with Gasteiger partial charge in [-0.25, -0.2) is 0 Å². The lowest BCUT2D eigenvalue weighted by Gasteiger charge is -2.16. The predicted molar refractivity (Wildman–Crippen MR) is 111 cm³/mol. The van der Waals surface area contributed by atoms with Gasteiger partial charge in [-0.1, -0.05) is 24.3 Å². The fourth-order valence-corrected chi connectivity index (χ4v) is 3.09. The van der Waals surface area contributed by atoms with Crippen molar-refractivity contribution in [1.82, 2.24) is 5.32 Å². The van der Waals surface area contributed by atoms with Gasteiger partial charge in [-0.2, -0.15) is 5.26 Å². The maximum Gasteiger partial charge on any atom is 0.262 e. The van der Waals surface area contributed by atoms with E-state index >= 15 is 0 Å². The Balaban J connectivity index is 1.74. The number of nitriles is 1. The number of anilines is 1. The molecular weight excluding hydrogens is 370 g/mol. The van der Waals surface area contributed by atoms with Crippen LogP contribution in [0.4, 0.5) is 5.69 Å². The molecule has 1 aliphatic rings. The van der Waals surface area contributed by atoms with Gasteiger partial charge in [-0.3, -0.25) is 4.79 Å². The van der Waals surface area contributed by atoms with Crippen molar-refractivity contribution in [1.29, 1.82) is 5.26 Å². The van der Waals surface area contributed by atoms with Gasteiger partial charge in [0.05, 0.1) is 12.7 Å². The van der Waals surface area contributed by atoms with Gasteiger partial charge in [-0.05, 0) is 47.0 Å². The van der Waals surface area contributed by atoms with Gasteiger partial charge in [0.15, 0.2) is 0 Å². The second-order valence-electron chi connectivity index (χ2n) is 6.85. The Labute approximate surface area is 168 Å². The molecule has 29 heavy (non-hydrogen) atoms. The lowest BCUT2D eigenvalue weighted by Crippen LogP contribution is -2.40. The Morgan fingerprint density at radius 3 is 2.66 bits per heavy atom. The lowest BCUT2D eigenvalue weighted by molar-refractivity contribution is -0.118. The first-order valence-corrected chi connectivity index (χ1v) is 9.36. The highest BCUT2D eigenvalue weighted by atomic mass is 16.4. The number of benzene rings is 2. The highest BCUT2D eigenvalue weighted by Gasteiger charge is 2.17. The van der Waals surface area contributed by atoms with Gasteiger partial charge in [0.1, 0.15) is 17.7 Å². The summed E-state index contributed by atoms with van der Waals surface area (Å²) in [7, 11) is 0. The van der Waals surface area contributed by atoms with Gasteiger partial charge in [0.25, 0.3) is 5.91 Å². The van der Waals surface area contributed by atoms with Gasteiger partial charge in [-0.15, -0.1) is 0 Å². The zero-order valence-corrected chi connectivity index (χ0v) is 15.8. The topological polar surface area (TPSA) is 117 Å². The van der Waals surface area contributed by atoms with E-state index in [1.807, 2.05) is 36.4 Å². The Bertz CT molecular complexity index is 993. The summed E-state index contributed by atoms with van der Waals surface area (Å²) in [6.07, 6.45) is 4.05. The molecule has 1 aliphatic heterocycles. The molecule has 3 rings (SSSR count). The van der Waals surface area contributed by atoms with E-state index in [0.29, 0.717) is 5.56 Å². The summed E-state index contributed by atoms with van der Waals surface area (Å²) in [5, 5.41) is 41.4. The van der Waals surface area contributed by atoms with Crippen molar-refractivity contribution in [3.8, 4) is 6.07 Å². The van der Waals surface area contributed by atoms with Crippen molar-refractivity contribution in [3.63, 3.8) is 0 Å². The molecule has 150 valence electrons. The van der Waals surface area contributed by atoms with Crippen molar-refractivity contribution >= 4 is 28.4 Å². The standard InChI is InChI=1S/C22H23N3O4/c23-12-18(22(29)24-13-20(27)21(28)14-26)10-15-3-4-17-11-19(6-5-16(17)9-15)25-7-1-2-8-25/h1,3-7,9-11,20-21,26-28H,2,8,13-14H2,(H,24,29)/b18-10+. The Hall–Kier alpha value is -3.18. The summed E-state index contributed by atoms with van der Waals surface area (Å²) in [5.41, 5.74) is 1.71. The summed E-state index contributed by atoms with van der Waals surface area (Å²) in [4.78, 5) is 14.4. The van der Waals surface area contributed by atoms with Crippen LogP contribution in [0.15, 0.2) is 54.2 Å². The maximum atomic E-state index is 12.2. The molecule has 0 spiro atoms. The van der Waals surface area contributed by atoms with E-state index in [4.69, 9.17) is 5.11 Å². The maximum absolute atomic E-state index is 12.2. The molecule has 0 aliphatic carbocycles. The molecule has 2 aromatic rings. The number of carbonyl (C=O) groups is 1. The number of aliphatic hydroxyl groups excluding tert-OH is 3. The largest absolute Gasteiger partial charge is 0.394 e. The Kier molecular flexibility index (Phi) is 6.62. The third-order valence-corrected chi connectivity index (χ3v) is 4.78. The first kappa shape index (κ1) is 20.6. The zero-order chi connectivity index (χ0) is 20.8. The van der Waals surface area contributed by atoms with Crippen LogP contribution in [0.5, 0.6) is 0 Å². The van der Waals surface area contributed by atoms with Gasteiger partial charge >= 0.3 is 0 Å². The number of nitrogens with zero attached hydrogens (tertiary/aromatic N) is 2. The molecule has 2 aromatic carbocycles. The number of hydrogen-bond donors (Lipinski definition) is 4. The van der Waals surface area contributed by atoms with E-state index in [1.165, 1.54) is 6.08 Å². The van der Waals surface area contributed by atoms with E-state index in [0.717, 1.165) is 29.4 Å². The van der Waals surface area contributed by atoms with E-state index in [9.17, 15) is 20.3 Å². The minimum atomic E-state index is -1.36. The van der Waals surface area contributed by atoms with Crippen LogP contribution in [0.1, 0.15) is 12.0 Å². The molecule has 0 aromatic heterocycles.